The fraction of sp³-hybridized carbons (Fsp3) is 0.533. The van der Waals surface area contributed by atoms with Gasteiger partial charge in [0.05, 0.1) is 5.92 Å². The van der Waals surface area contributed by atoms with Crippen LogP contribution >= 0.6 is 0 Å². The highest BCUT2D eigenvalue weighted by Gasteiger charge is 2.27. The van der Waals surface area contributed by atoms with Gasteiger partial charge in [0.15, 0.2) is 5.96 Å². The van der Waals surface area contributed by atoms with Gasteiger partial charge in [0, 0.05) is 18.9 Å². The molecule has 0 aliphatic heterocycles. The third-order valence-electron chi connectivity index (χ3n) is 3.84. The molecule has 0 atom stereocenters. The largest absolute Gasteiger partial charge is 0.461 e. The highest BCUT2D eigenvalue weighted by Crippen LogP contribution is 2.30. The first-order valence-corrected chi connectivity index (χ1v) is 7.26. The highest BCUT2D eigenvalue weighted by atomic mass is 16.5. The van der Waals surface area contributed by atoms with Gasteiger partial charge in [-0.25, -0.2) is 0 Å². The number of aliphatic imine (C=N–C) groups is 1. The van der Waals surface area contributed by atoms with Crippen molar-refractivity contribution >= 4 is 11.9 Å². The molecule has 0 radical (unpaired) electrons. The number of hydrogen-bond acceptors (Lipinski definition) is 4. The Balaban J connectivity index is 1.72. The summed E-state index contributed by atoms with van der Waals surface area (Å²) >= 11 is 0. The molecule has 1 saturated carbocycles. The topological polar surface area (TPSA) is 104 Å². The second-order valence-corrected chi connectivity index (χ2v) is 5.45. The normalized spacial score (nSPS) is 21.5. The van der Waals surface area contributed by atoms with E-state index in [0.717, 1.165) is 31.2 Å². The molecular weight excluding hydrogens is 268 g/mol. The summed E-state index contributed by atoms with van der Waals surface area (Å²) in [5.41, 5.74) is 11.6. The molecule has 1 aliphatic rings. The zero-order valence-corrected chi connectivity index (χ0v) is 12.1. The first kappa shape index (κ1) is 15.3. The average molecular weight is 290 g/mol. The van der Waals surface area contributed by atoms with Gasteiger partial charge in [0.25, 0.3) is 0 Å². The minimum atomic E-state index is -0.105. The summed E-state index contributed by atoms with van der Waals surface area (Å²) < 4.78 is 5.37. The van der Waals surface area contributed by atoms with Crippen LogP contribution < -0.4 is 11.5 Å². The minimum absolute atomic E-state index is 0.00212. The van der Waals surface area contributed by atoms with Crippen molar-refractivity contribution in [1.82, 2.24) is 4.98 Å². The van der Waals surface area contributed by atoms with Crippen LogP contribution in [0.15, 0.2) is 29.5 Å². The van der Waals surface area contributed by atoms with E-state index >= 15 is 0 Å². The summed E-state index contributed by atoms with van der Waals surface area (Å²) in [7, 11) is 0. The summed E-state index contributed by atoms with van der Waals surface area (Å²) in [6, 6.07) is 3.69. The molecule has 0 saturated heterocycles. The third kappa shape index (κ3) is 5.06. The molecule has 0 spiro atoms. The summed E-state index contributed by atoms with van der Waals surface area (Å²) in [5.74, 6) is 0.500. The van der Waals surface area contributed by atoms with Crippen LogP contribution in [0.1, 0.15) is 31.2 Å². The summed E-state index contributed by atoms with van der Waals surface area (Å²) in [6.45, 7) is 0.969. The number of rotatable bonds is 5. The zero-order chi connectivity index (χ0) is 15.1. The minimum Gasteiger partial charge on any atom is -0.461 e. The van der Waals surface area contributed by atoms with Gasteiger partial charge in [0.2, 0.25) is 0 Å². The molecule has 0 amide bonds. The lowest BCUT2D eigenvalue weighted by Gasteiger charge is -2.26. The molecule has 6 heteroatoms. The quantitative estimate of drug-likeness (QED) is 0.482. The van der Waals surface area contributed by atoms with Crippen LogP contribution in [0.4, 0.5) is 0 Å². The van der Waals surface area contributed by atoms with Gasteiger partial charge in [-0.2, -0.15) is 0 Å². The van der Waals surface area contributed by atoms with Gasteiger partial charge in [-0.05, 0) is 49.3 Å². The first-order chi connectivity index (χ1) is 10.1. The molecule has 1 heterocycles. The van der Waals surface area contributed by atoms with E-state index in [-0.39, 0.29) is 17.8 Å². The number of guanidine groups is 1. The number of aromatic nitrogens is 1. The molecule has 114 valence electrons. The van der Waals surface area contributed by atoms with E-state index < -0.39 is 0 Å². The van der Waals surface area contributed by atoms with Crippen molar-refractivity contribution in [3.05, 3.63) is 30.1 Å². The van der Waals surface area contributed by atoms with Crippen LogP contribution in [0.2, 0.25) is 0 Å². The molecule has 0 aromatic carbocycles. The second kappa shape index (κ2) is 7.61. The zero-order valence-electron chi connectivity index (χ0n) is 12.1. The van der Waals surface area contributed by atoms with Crippen molar-refractivity contribution in [2.45, 2.75) is 32.3 Å². The average Bonchev–Trinajstić information content (AvgIpc) is 2.52. The Hall–Kier alpha value is -2.11. The molecule has 21 heavy (non-hydrogen) atoms. The Morgan fingerprint density at radius 1 is 1.24 bits per heavy atom. The Labute approximate surface area is 124 Å². The number of pyridine rings is 1. The maximum atomic E-state index is 12.0. The monoisotopic (exact) mass is 290 g/mol. The molecule has 0 unspecified atom stereocenters. The fourth-order valence-corrected chi connectivity index (χ4v) is 2.57. The standard InChI is InChI=1S/C15H22N4O2/c16-15(17)19-9-11-1-3-13(4-2-11)14(20)21-10-12-5-7-18-8-6-12/h5-8,11,13H,1-4,9-10H2,(H4,16,17,19). The van der Waals surface area contributed by atoms with E-state index in [2.05, 4.69) is 9.98 Å². The van der Waals surface area contributed by atoms with Crippen molar-refractivity contribution in [2.24, 2.45) is 28.3 Å². The summed E-state index contributed by atoms with van der Waals surface area (Å²) in [5, 5.41) is 0. The number of esters is 1. The predicted octanol–water partition coefficient (Wildman–Crippen LogP) is 1.20. The molecule has 0 bridgehead atoms. The van der Waals surface area contributed by atoms with Gasteiger partial charge < -0.3 is 16.2 Å². The maximum absolute atomic E-state index is 12.0. The summed E-state index contributed by atoms with van der Waals surface area (Å²) in [4.78, 5) is 20.0. The van der Waals surface area contributed by atoms with E-state index in [9.17, 15) is 4.79 Å². The lowest BCUT2D eigenvalue weighted by molar-refractivity contribution is -0.151. The fourth-order valence-electron chi connectivity index (χ4n) is 2.57. The molecular formula is C15H22N4O2. The van der Waals surface area contributed by atoms with Gasteiger partial charge in [-0.15, -0.1) is 0 Å². The van der Waals surface area contributed by atoms with Crippen molar-refractivity contribution in [3.63, 3.8) is 0 Å². The van der Waals surface area contributed by atoms with E-state index in [0.29, 0.717) is 19.1 Å². The maximum Gasteiger partial charge on any atom is 0.309 e. The summed E-state index contributed by atoms with van der Waals surface area (Å²) in [6.07, 6.45) is 7.01. The molecule has 1 aromatic rings. The smallest absolute Gasteiger partial charge is 0.309 e. The van der Waals surface area contributed by atoms with Crippen LogP contribution in [0.3, 0.4) is 0 Å². The van der Waals surface area contributed by atoms with Crippen molar-refractivity contribution in [1.29, 1.82) is 0 Å². The number of carbonyl (C=O) groups is 1. The molecule has 2 rings (SSSR count). The van der Waals surface area contributed by atoms with E-state index in [1.165, 1.54) is 0 Å². The number of hydrogen-bond donors (Lipinski definition) is 2. The number of nitrogens with zero attached hydrogens (tertiary/aromatic N) is 2. The predicted molar refractivity (Wildman–Crippen MR) is 80.2 cm³/mol. The van der Waals surface area contributed by atoms with Crippen molar-refractivity contribution in [2.75, 3.05) is 6.54 Å². The van der Waals surface area contributed by atoms with Gasteiger partial charge in [0.1, 0.15) is 6.61 Å². The van der Waals surface area contributed by atoms with Crippen LogP contribution in [0.25, 0.3) is 0 Å². The molecule has 1 fully saturated rings. The van der Waals surface area contributed by atoms with Crippen molar-refractivity contribution in [3.8, 4) is 0 Å². The Morgan fingerprint density at radius 2 is 1.90 bits per heavy atom. The van der Waals surface area contributed by atoms with E-state index in [4.69, 9.17) is 16.2 Å². The lowest BCUT2D eigenvalue weighted by atomic mass is 9.82. The van der Waals surface area contributed by atoms with Crippen LogP contribution in [-0.2, 0) is 16.1 Å². The van der Waals surface area contributed by atoms with Crippen LogP contribution in [-0.4, -0.2) is 23.5 Å². The van der Waals surface area contributed by atoms with Crippen LogP contribution in [0, 0.1) is 11.8 Å². The lowest BCUT2D eigenvalue weighted by Crippen LogP contribution is -2.27. The van der Waals surface area contributed by atoms with E-state index in [1.807, 2.05) is 12.1 Å². The van der Waals surface area contributed by atoms with Gasteiger partial charge in [-0.3, -0.25) is 14.8 Å². The molecule has 4 N–H and O–H groups in total. The number of ether oxygens (including phenoxy) is 1. The second-order valence-electron chi connectivity index (χ2n) is 5.45. The van der Waals surface area contributed by atoms with Gasteiger partial charge >= 0.3 is 5.97 Å². The highest BCUT2D eigenvalue weighted by molar-refractivity contribution is 5.75. The number of carbonyl (C=O) groups excluding carboxylic acids is 1. The number of nitrogens with two attached hydrogens (primary N) is 2. The Bertz CT molecular complexity index is 478. The Kier molecular flexibility index (Phi) is 5.54. The Morgan fingerprint density at radius 3 is 2.52 bits per heavy atom. The van der Waals surface area contributed by atoms with Crippen molar-refractivity contribution < 1.29 is 9.53 Å². The van der Waals surface area contributed by atoms with E-state index in [1.54, 1.807) is 12.4 Å². The molecule has 1 aliphatic carbocycles. The SMILES string of the molecule is NC(N)=NCC1CCC(C(=O)OCc2ccncc2)CC1. The molecule has 1 aromatic heterocycles. The van der Waals surface area contributed by atoms with Crippen LogP contribution in [0.5, 0.6) is 0 Å². The molecule has 6 nitrogen and oxygen atoms in total. The van der Waals surface area contributed by atoms with Gasteiger partial charge in [-0.1, -0.05) is 0 Å². The first-order valence-electron chi connectivity index (χ1n) is 7.26. The third-order valence-corrected chi connectivity index (χ3v) is 3.84.